The van der Waals surface area contributed by atoms with E-state index in [0.29, 0.717) is 13.0 Å². The molecule has 12 heteroatoms. The van der Waals surface area contributed by atoms with Crippen molar-refractivity contribution in [2.24, 2.45) is 5.92 Å². The van der Waals surface area contributed by atoms with Gasteiger partial charge >= 0.3 is 12.2 Å². The number of halogens is 3. The van der Waals surface area contributed by atoms with Crippen molar-refractivity contribution >= 4 is 21.7 Å². The molecule has 164 valence electrons. The van der Waals surface area contributed by atoms with Crippen LogP contribution >= 0.6 is 0 Å². The van der Waals surface area contributed by atoms with Crippen LogP contribution in [-0.4, -0.2) is 55.0 Å². The Labute approximate surface area is 172 Å². The fraction of sp³-hybridized carbons (Fsp3) is 0.444. The summed E-state index contributed by atoms with van der Waals surface area (Å²) in [6.07, 6.45) is 0.703. The maximum absolute atomic E-state index is 13.6. The van der Waals surface area contributed by atoms with E-state index in [2.05, 4.69) is 15.1 Å². The number of carbonyl (C=O) groups excluding carboxylic acids is 1. The van der Waals surface area contributed by atoms with Crippen LogP contribution in [0.2, 0.25) is 0 Å². The predicted molar refractivity (Wildman–Crippen MR) is 105 cm³/mol. The molecular formula is C18H22F3N5O3S. The molecule has 8 nitrogen and oxygen atoms in total. The van der Waals surface area contributed by atoms with Crippen molar-refractivity contribution < 1.29 is 26.4 Å². The van der Waals surface area contributed by atoms with E-state index in [-0.39, 0.29) is 30.4 Å². The second kappa shape index (κ2) is 8.64. The first-order chi connectivity index (χ1) is 14.0. The highest BCUT2D eigenvalue weighted by Gasteiger charge is 2.35. The predicted octanol–water partition coefficient (Wildman–Crippen LogP) is 2.68. The van der Waals surface area contributed by atoms with Crippen molar-refractivity contribution in [3.63, 3.8) is 0 Å². The number of alkyl halides is 3. The van der Waals surface area contributed by atoms with E-state index in [0.717, 1.165) is 18.7 Å². The highest BCUT2D eigenvalue weighted by molar-refractivity contribution is 7.88. The molecule has 1 aliphatic rings. The minimum absolute atomic E-state index is 0.108. The Kier molecular flexibility index (Phi) is 6.36. The summed E-state index contributed by atoms with van der Waals surface area (Å²) >= 11 is 0. The molecule has 0 bridgehead atoms. The van der Waals surface area contributed by atoms with E-state index in [1.54, 1.807) is 6.07 Å². The summed E-state index contributed by atoms with van der Waals surface area (Å²) in [5.74, 6) is -0.108. The molecule has 0 spiro atoms. The van der Waals surface area contributed by atoms with Gasteiger partial charge in [0.15, 0.2) is 0 Å². The topological polar surface area (TPSA) is 96.3 Å². The Morgan fingerprint density at radius 1 is 1.33 bits per heavy atom. The number of carbonyl (C=O) groups is 1. The molecule has 1 aliphatic heterocycles. The molecule has 30 heavy (non-hydrogen) atoms. The highest BCUT2D eigenvalue weighted by atomic mass is 32.2. The van der Waals surface area contributed by atoms with Crippen LogP contribution in [0.1, 0.15) is 18.4 Å². The average molecular weight is 445 g/mol. The summed E-state index contributed by atoms with van der Waals surface area (Å²) in [4.78, 5) is 14.0. The van der Waals surface area contributed by atoms with Gasteiger partial charge in [-0.25, -0.2) is 22.6 Å². The number of piperidine rings is 1. The van der Waals surface area contributed by atoms with E-state index in [4.69, 9.17) is 0 Å². The standard InChI is InChI=1S/C18H22F3N5O3S/c1-30(28,29)23-11-13-4-2-8-25(12-13)17(27)24-16-6-5-14(26-9-3-7-22-26)10-15(16)18(19,20)21/h3,5-7,9-10,13,23H,2,4,8,11-12H2,1H3,(H,24,27). The van der Waals surface area contributed by atoms with Gasteiger partial charge in [-0.3, -0.25) is 0 Å². The SMILES string of the molecule is CS(=O)(=O)NCC1CCCN(C(=O)Nc2ccc(-n3cccn3)cc2C(F)(F)F)C1. The molecule has 1 unspecified atom stereocenters. The van der Waals surface area contributed by atoms with Gasteiger partial charge in [0.25, 0.3) is 0 Å². The third kappa shape index (κ3) is 5.72. The molecule has 2 heterocycles. The van der Waals surface area contributed by atoms with Crippen LogP contribution in [0.25, 0.3) is 5.69 Å². The second-order valence-corrected chi connectivity index (χ2v) is 9.02. The zero-order valence-corrected chi connectivity index (χ0v) is 17.0. The van der Waals surface area contributed by atoms with Crippen molar-refractivity contribution in [1.29, 1.82) is 0 Å². The van der Waals surface area contributed by atoms with Gasteiger partial charge in [-0.05, 0) is 43.0 Å². The number of benzene rings is 1. The lowest BCUT2D eigenvalue weighted by Gasteiger charge is -2.33. The van der Waals surface area contributed by atoms with Crippen LogP contribution < -0.4 is 10.0 Å². The third-order valence-corrected chi connectivity index (χ3v) is 5.45. The summed E-state index contributed by atoms with van der Waals surface area (Å²) in [5, 5.41) is 6.27. The van der Waals surface area contributed by atoms with Gasteiger partial charge in [0.05, 0.1) is 23.2 Å². The van der Waals surface area contributed by atoms with Crippen molar-refractivity contribution in [3.05, 3.63) is 42.2 Å². The third-order valence-electron chi connectivity index (χ3n) is 4.76. The summed E-state index contributed by atoms with van der Waals surface area (Å²) in [7, 11) is -3.36. The number of rotatable bonds is 5. The summed E-state index contributed by atoms with van der Waals surface area (Å²) < 4.78 is 66.9. The minimum atomic E-state index is -4.67. The van der Waals surface area contributed by atoms with E-state index < -0.39 is 27.8 Å². The van der Waals surface area contributed by atoms with Gasteiger partial charge in [-0.2, -0.15) is 18.3 Å². The van der Waals surface area contributed by atoms with Crippen molar-refractivity contribution in [2.45, 2.75) is 19.0 Å². The lowest BCUT2D eigenvalue weighted by Crippen LogP contribution is -2.45. The van der Waals surface area contributed by atoms with Crippen LogP contribution in [-0.2, 0) is 16.2 Å². The number of hydrogen-bond donors (Lipinski definition) is 2. The normalized spacial score (nSPS) is 17.7. The number of urea groups is 1. The molecule has 3 rings (SSSR count). The molecule has 0 saturated carbocycles. The fourth-order valence-electron chi connectivity index (χ4n) is 3.32. The minimum Gasteiger partial charge on any atom is -0.324 e. The number of amides is 2. The monoisotopic (exact) mass is 445 g/mol. The molecule has 2 N–H and O–H groups in total. The molecule has 0 aliphatic carbocycles. The van der Waals surface area contributed by atoms with Gasteiger partial charge in [0.2, 0.25) is 10.0 Å². The Morgan fingerprint density at radius 2 is 2.10 bits per heavy atom. The average Bonchev–Trinajstić information content (AvgIpc) is 3.20. The summed E-state index contributed by atoms with van der Waals surface area (Å²) in [5.41, 5.74) is -1.11. The van der Waals surface area contributed by atoms with Crippen LogP contribution in [0.3, 0.4) is 0 Å². The number of aromatic nitrogens is 2. The van der Waals surface area contributed by atoms with Crippen LogP contribution in [0, 0.1) is 5.92 Å². The first kappa shape index (κ1) is 22.1. The molecule has 2 aromatic rings. The number of nitrogens with one attached hydrogen (secondary N) is 2. The molecule has 1 fully saturated rings. The van der Waals surface area contributed by atoms with E-state index in [1.165, 1.54) is 34.1 Å². The van der Waals surface area contributed by atoms with E-state index in [9.17, 15) is 26.4 Å². The number of likely N-dealkylation sites (tertiary alicyclic amines) is 1. The van der Waals surface area contributed by atoms with E-state index in [1.807, 2.05) is 0 Å². The fourth-order valence-corrected chi connectivity index (χ4v) is 3.86. The molecule has 2 amide bonds. The van der Waals surface area contributed by atoms with Gasteiger partial charge in [0.1, 0.15) is 0 Å². The molecule has 1 saturated heterocycles. The zero-order valence-electron chi connectivity index (χ0n) is 16.2. The number of nitrogens with zero attached hydrogens (tertiary/aromatic N) is 3. The van der Waals surface area contributed by atoms with Crippen LogP contribution in [0.15, 0.2) is 36.7 Å². The Hall–Kier alpha value is -2.60. The second-order valence-electron chi connectivity index (χ2n) is 7.18. The molecule has 1 aromatic heterocycles. The number of hydrogen-bond acceptors (Lipinski definition) is 4. The summed E-state index contributed by atoms with van der Waals surface area (Å²) in [6, 6.07) is 4.50. The van der Waals surface area contributed by atoms with Crippen LogP contribution in [0.5, 0.6) is 0 Å². The Balaban J connectivity index is 1.74. The Bertz CT molecular complexity index is 993. The van der Waals surface area contributed by atoms with Crippen molar-refractivity contribution in [2.75, 3.05) is 31.2 Å². The smallest absolute Gasteiger partial charge is 0.324 e. The number of sulfonamides is 1. The van der Waals surface area contributed by atoms with Crippen molar-refractivity contribution in [1.82, 2.24) is 19.4 Å². The van der Waals surface area contributed by atoms with Crippen molar-refractivity contribution in [3.8, 4) is 5.69 Å². The molecule has 0 radical (unpaired) electrons. The first-order valence-electron chi connectivity index (χ1n) is 9.25. The van der Waals surface area contributed by atoms with Gasteiger partial charge in [-0.15, -0.1) is 0 Å². The largest absolute Gasteiger partial charge is 0.418 e. The van der Waals surface area contributed by atoms with Gasteiger partial charge < -0.3 is 10.2 Å². The number of anilines is 1. The quantitative estimate of drug-likeness (QED) is 0.740. The lowest BCUT2D eigenvalue weighted by molar-refractivity contribution is -0.136. The van der Waals surface area contributed by atoms with E-state index >= 15 is 0 Å². The maximum atomic E-state index is 13.6. The maximum Gasteiger partial charge on any atom is 0.418 e. The molecular weight excluding hydrogens is 423 g/mol. The molecule has 1 atom stereocenters. The molecule has 1 aromatic carbocycles. The van der Waals surface area contributed by atoms with Gasteiger partial charge in [0, 0.05) is 32.0 Å². The zero-order chi connectivity index (χ0) is 21.9. The lowest BCUT2D eigenvalue weighted by atomic mass is 9.99. The van der Waals surface area contributed by atoms with Crippen LogP contribution in [0.4, 0.5) is 23.7 Å². The Morgan fingerprint density at radius 3 is 2.73 bits per heavy atom. The summed E-state index contributed by atoms with van der Waals surface area (Å²) in [6.45, 7) is 0.810. The highest BCUT2D eigenvalue weighted by Crippen LogP contribution is 2.36. The van der Waals surface area contributed by atoms with Gasteiger partial charge in [-0.1, -0.05) is 0 Å². The first-order valence-corrected chi connectivity index (χ1v) is 11.1.